The average Bonchev–Trinajstić information content (AvgIpc) is 3.11. The summed E-state index contributed by atoms with van der Waals surface area (Å²) >= 11 is 0. The summed E-state index contributed by atoms with van der Waals surface area (Å²) < 4.78 is 53.6. The SMILES string of the molecule is Cc1cc(C)c2cc(C(=O)N3CCN(S(=O)(=O)c4ccc(F)cc4F)CC3)[nH]c2c1. The van der Waals surface area contributed by atoms with Crippen molar-refractivity contribution in [1.82, 2.24) is 14.2 Å². The Balaban J connectivity index is 1.50. The Morgan fingerprint density at radius 3 is 2.37 bits per heavy atom. The second kappa shape index (κ2) is 7.48. The van der Waals surface area contributed by atoms with Crippen LogP contribution in [-0.2, 0) is 10.0 Å². The first-order valence-corrected chi connectivity index (χ1v) is 11.0. The van der Waals surface area contributed by atoms with Gasteiger partial charge in [-0.25, -0.2) is 17.2 Å². The van der Waals surface area contributed by atoms with Crippen LogP contribution in [0.1, 0.15) is 21.6 Å². The third-order valence-corrected chi connectivity index (χ3v) is 7.29. The number of aromatic amines is 1. The van der Waals surface area contributed by atoms with Crippen molar-refractivity contribution in [2.45, 2.75) is 18.7 Å². The van der Waals surface area contributed by atoms with Crippen molar-refractivity contribution in [3.8, 4) is 0 Å². The number of hydrogen-bond donors (Lipinski definition) is 1. The summed E-state index contributed by atoms with van der Waals surface area (Å²) in [6.07, 6.45) is 0. The molecule has 30 heavy (non-hydrogen) atoms. The largest absolute Gasteiger partial charge is 0.351 e. The summed E-state index contributed by atoms with van der Waals surface area (Å²) in [4.78, 5) is 17.1. The van der Waals surface area contributed by atoms with Crippen LogP contribution in [0.4, 0.5) is 8.78 Å². The maximum absolute atomic E-state index is 14.0. The third-order valence-electron chi connectivity index (χ3n) is 5.36. The van der Waals surface area contributed by atoms with E-state index in [1.54, 1.807) is 4.90 Å². The Morgan fingerprint density at radius 2 is 1.70 bits per heavy atom. The lowest BCUT2D eigenvalue weighted by Crippen LogP contribution is -2.50. The van der Waals surface area contributed by atoms with Gasteiger partial charge in [-0.2, -0.15) is 4.31 Å². The third kappa shape index (κ3) is 3.59. The van der Waals surface area contributed by atoms with Gasteiger partial charge in [0, 0.05) is 43.1 Å². The number of aromatic nitrogens is 1. The molecule has 1 aliphatic heterocycles. The number of nitrogens with zero attached hydrogens (tertiary/aromatic N) is 2. The van der Waals surface area contributed by atoms with E-state index >= 15 is 0 Å². The van der Waals surface area contributed by atoms with Crippen LogP contribution in [0, 0.1) is 25.5 Å². The van der Waals surface area contributed by atoms with Crippen LogP contribution >= 0.6 is 0 Å². The number of halogens is 2. The molecule has 158 valence electrons. The maximum Gasteiger partial charge on any atom is 0.270 e. The molecule has 0 unspecified atom stereocenters. The molecule has 3 aromatic rings. The Morgan fingerprint density at radius 1 is 1.00 bits per heavy atom. The molecule has 1 fully saturated rings. The second-order valence-corrected chi connectivity index (χ2v) is 9.40. The van der Waals surface area contributed by atoms with Gasteiger partial charge in [-0.05, 0) is 49.2 Å². The highest BCUT2D eigenvalue weighted by atomic mass is 32.2. The van der Waals surface area contributed by atoms with Crippen molar-refractivity contribution in [1.29, 1.82) is 0 Å². The highest BCUT2D eigenvalue weighted by molar-refractivity contribution is 7.89. The minimum Gasteiger partial charge on any atom is -0.351 e. The van der Waals surface area contributed by atoms with Crippen LogP contribution in [-0.4, -0.2) is 54.7 Å². The summed E-state index contributed by atoms with van der Waals surface area (Å²) in [7, 11) is -4.11. The zero-order valence-corrected chi connectivity index (χ0v) is 17.4. The van der Waals surface area contributed by atoms with E-state index in [-0.39, 0.29) is 32.1 Å². The van der Waals surface area contributed by atoms with Gasteiger partial charge in [0.05, 0.1) is 0 Å². The van der Waals surface area contributed by atoms with E-state index in [0.717, 1.165) is 38.5 Å². The number of benzene rings is 2. The van der Waals surface area contributed by atoms with E-state index in [1.807, 2.05) is 32.0 Å². The Bertz CT molecular complexity index is 1250. The molecular formula is C21H21F2N3O3S. The topological polar surface area (TPSA) is 73.5 Å². The number of carbonyl (C=O) groups excluding carboxylic acids is 1. The molecule has 0 spiro atoms. The predicted molar refractivity (Wildman–Crippen MR) is 109 cm³/mol. The summed E-state index contributed by atoms with van der Waals surface area (Å²) in [5.41, 5.74) is 3.48. The van der Waals surface area contributed by atoms with Gasteiger partial charge < -0.3 is 9.88 Å². The lowest BCUT2D eigenvalue weighted by molar-refractivity contribution is 0.0693. The van der Waals surface area contributed by atoms with E-state index in [4.69, 9.17) is 0 Å². The molecule has 4 rings (SSSR count). The fourth-order valence-corrected chi connectivity index (χ4v) is 5.31. The average molecular weight is 433 g/mol. The minimum absolute atomic E-state index is 0.0310. The number of nitrogens with one attached hydrogen (secondary N) is 1. The van der Waals surface area contributed by atoms with Crippen molar-refractivity contribution in [3.63, 3.8) is 0 Å². The molecule has 1 amide bonds. The van der Waals surface area contributed by atoms with Gasteiger partial charge >= 0.3 is 0 Å². The molecule has 6 nitrogen and oxygen atoms in total. The zero-order valence-electron chi connectivity index (χ0n) is 16.6. The lowest BCUT2D eigenvalue weighted by atomic mass is 10.1. The van der Waals surface area contributed by atoms with Gasteiger partial charge in [0.1, 0.15) is 22.2 Å². The fraction of sp³-hybridized carbons (Fsp3) is 0.286. The van der Waals surface area contributed by atoms with Crippen LogP contribution in [0.5, 0.6) is 0 Å². The first-order chi connectivity index (χ1) is 14.2. The number of aryl methyl sites for hydroxylation is 2. The smallest absolute Gasteiger partial charge is 0.270 e. The molecule has 1 aromatic heterocycles. The molecular weight excluding hydrogens is 412 g/mol. The first kappa shape index (κ1) is 20.5. The van der Waals surface area contributed by atoms with Gasteiger partial charge in [0.15, 0.2) is 0 Å². The van der Waals surface area contributed by atoms with Crippen molar-refractivity contribution in [3.05, 3.63) is 64.9 Å². The van der Waals surface area contributed by atoms with E-state index in [0.29, 0.717) is 11.8 Å². The summed E-state index contributed by atoms with van der Waals surface area (Å²) in [5.74, 6) is -2.18. The van der Waals surface area contributed by atoms with E-state index < -0.39 is 26.6 Å². The Kier molecular flexibility index (Phi) is 5.11. The Labute approximate surface area is 173 Å². The lowest BCUT2D eigenvalue weighted by Gasteiger charge is -2.33. The highest BCUT2D eigenvalue weighted by Crippen LogP contribution is 2.24. The highest BCUT2D eigenvalue weighted by Gasteiger charge is 2.32. The maximum atomic E-state index is 14.0. The van der Waals surface area contributed by atoms with Crippen molar-refractivity contribution in [2.75, 3.05) is 26.2 Å². The van der Waals surface area contributed by atoms with E-state index in [2.05, 4.69) is 4.98 Å². The molecule has 0 atom stereocenters. The van der Waals surface area contributed by atoms with Crippen molar-refractivity contribution in [2.24, 2.45) is 0 Å². The fourth-order valence-electron chi connectivity index (χ4n) is 3.84. The number of hydrogen-bond acceptors (Lipinski definition) is 3. The summed E-state index contributed by atoms with van der Waals surface area (Å²) in [5, 5.41) is 0.969. The molecule has 1 saturated heterocycles. The molecule has 0 radical (unpaired) electrons. The summed E-state index contributed by atoms with van der Waals surface area (Å²) in [6.45, 7) is 4.38. The van der Waals surface area contributed by atoms with Gasteiger partial charge in [-0.1, -0.05) is 6.07 Å². The van der Waals surface area contributed by atoms with Crippen molar-refractivity contribution < 1.29 is 22.0 Å². The van der Waals surface area contributed by atoms with Gasteiger partial charge in [-0.15, -0.1) is 0 Å². The predicted octanol–water partition coefficient (Wildman–Crippen LogP) is 3.21. The molecule has 1 N–H and O–H groups in total. The normalized spacial score (nSPS) is 15.7. The Hall–Kier alpha value is -2.78. The molecule has 9 heteroatoms. The van der Waals surface area contributed by atoms with Gasteiger partial charge in [0.25, 0.3) is 5.91 Å². The summed E-state index contributed by atoms with van der Waals surface area (Å²) in [6, 6.07) is 8.21. The molecule has 2 heterocycles. The van der Waals surface area contributed by atoms with Crippen LogP contribution in [0.25, 0.3) is 10.9 Å². The van der Waals surface area contributed by atoms with Crippen molar-refractivity contribution >= 4 is 26.8 Å². The van der Waals surface area contributed by atoms with Crippen LogP contribution in [0.15, 0.2) is 41.3 Å². The first-order valence-electron chi connectivity index (χ1n) is 9.51. The number of fused-ring (bicyclic) bond motifs is 1. The van der Waals surface area contributed by atoms with E-state index in [1.165, 1.54) is 0 Å². The van der Waals surface area contributed by atoms with Crippen LogP contribution in [0.3, 0.4) is 0 Å². The van der Waals surface area contributed by atoms with Gasteiger partial charge in [0.2, 0.25) is 10.0 Å². The van der Waals surface area contributed by atoms with Crippen LogP contribution < -0.4 is 0 Å². The number of amides is 1. The molecule has 0 saturated carbocycles. The van der Waals surface area contributed by atoms with Crippen LogP contribution in [0.2, 0.25) is 0 Å². The standard InChI is InChI=1S/C21H21F2N3O3S/c1-13-9-14(2)16-12-19(24-18(16)10-13)21(27)25-5-7-26(8-6-25)30(28,29)20-4-3-15(22)11-17(20)23/h3-4,9-12,24H,5-8H2,1-2H3. The number of H-pyrrole nitrogens is 1. The molecule has 1 aliphatic rings. The zero-order chi connectivity index (χ0) is 21.6. The number of sulfonamides is 1. The number of rotatable bonds is 3. The number of piperazine rings is 1. The molecule has 0 bridgehead atoms. The van der Waals surface area contributed by atoms with Gasteiger partial charge in [-0.3, -0.25) is 4.79 Å². The quantitative estimate of drug-likeness (QED) is 0.689. The molecule has 0 aliphatic carbocycles. The molecule has 2 aromatic carbocycles. The second-order valence-electron chi connectivity index (χ2n) is 7.50. The minimum atomic E-state index is -4.11. The monoisotopic (exact) mass is 433 g/mol. The van der Waals surface area contributed by atoms with E-state index in [9.17, 15) is 22.0 Å². The number of carbonyl (C=O) groups is 1.